The van der Waals surface area contributed by atoms with Crippen LogP contribution in [-0.4, -0.2) is 44.0 Å². The summed E-state index contributed by atoms with van der Waals surface area (Å²) in [6.45, 7) is -0.281. The number of nitrogens with one attached hydrogen (secondary N) is 2. The summed E-state index contributed by atoms with van der Waals surface area (Å²) in [5, 5.41) is 29.1. The van der Waals surface area contributed by atoms with Crippen LogP contribution in [0.25, 0.3) is 11.1 Å². The zero-order valence-corrected chi connectivity index (χ0v) is 16.4. The molecule has 12 heteroatoms. The predicted molar refractivity (Wildman–Crippen MR) is 111 cm³/mol. The average molecular weight is 440 g/mol. The van der Waals surface area contributed by atoms with Crippen LogP contribution in [-0.2, 0) is 0 Å². The molecule has 2 aromatic carbocycles. The molecule has 0 radical (unpaired) electrons. The SMILES string of the molecule is Nc1nc(Nc2cc(Cl)c(-c3ccc(OCC(O)C(N)(N)O)cc3)c(Cl)c2)n[nH]1. The van der Waals surface area contributed by atoms with Crippen molar-refractivity contribution >= 4 is 40.8 Å². The summed E-state index contributed by atoms with van der Waals surface area (Å²) in [5.41, 5.74) is 17.8. The Labute approximate surface area is 175 Å². The highest BCUT2D eigenvalue weighted by Gasteiger charge is 2.26. The minimum atomic E-state index is -2.24. The number of nitrogens with zero attached hydrogens (tertiary/aromatic N) is 2. The summed E-state index contributed by atoms with van der Waals surface area (Å²) >= 11 is 12.8. The first-order valence-corrected chi connectivity index (χ1v) is 9.04. The van der Waals surface area contributed by atoms with E-state index >= 15 is 0 Å². The van der Waals surface area contributed by atoms with E-state index in [0.29, 0.717) is 27.0 Å². The van der Waals surface area contributed by atoms with Crippen molar-refractivity contribution in [2.45, 2.75) is 12.0 Å². The van der Waals surface area contributed by atoms with Crippen LogP contribution in [0.4, 0.5) is 17.6 Å². The number of halogens is 2. The predicted octanol–water partition coefficient (Wildman–Crippen LogP) is 1.41. The van der Waals surface area contributed by atoms with E-state index in [1.807, 2.05) is 0 Å². The van der Waals surface area contributed by atoms with Gasteiger partial charge in [0.2, 0.25) is 11.9 Å². The first-order valence-electron chi connectivity index (χ1n) is 8.29. The van der Waals surface area contributed by atoms with E-state index in [0.717, 1.165) is 5.56 Å². The van der Waals surface area contributed by atoms with Crippen molar-refractivity contribution in [3.8, 4) is 16.9 Å². The van der Waals surface area contributed by atoms with Crippen molar-refractivity contribution in [2.75, 3.05) is 17.7 Å². The van der Waals surface area contributed by atoms with E-state index in [9.17, 15) is 10.2 Å². The zero-order chi connectivity index (χ0) is 21.2. The number of benzene rings is 2. The monoisotopic (exact) mass is 439 g/mol. The molecule has 0 fully saturated rings. The van der Waals surface area contributed by atoms with Gasteiger partial charge in [-0.3, -0.25) is 11.5 Å². The Hall–Kier alpha value is -2.60. The van der Waals surface area contributed by atoms with Gasteiger partial charge in [0.05, 0.1) is 10.0 Å². The number of aliphatic hydroxyl groups is 2. The van der Waals surface area contributed by atoms with Crippen LogP contribution in [0, 0.1) is 0 Å². The third kappa shape index (κ3) is 5.26. The number of hydrogen-bond acceptors (Lipinski definition) is 9. The number of anilines is 3. The molecule has 0 aliphatic heterocycles. The van der Waals surface area contributed by atoms with Crippen LogP contribution in [0.15, 0.2) is 36.4 Å². The highest BCUT2D eigenvalue weighted by atomic mass is 35.5. The van der Waals surface area contributed by atoms with Crippen LogP contribution < -0.4 is 27.3 Å². The van der Waals surface area contributed by atoms with Crippen molar-refractivity contribution in [1.82, 2.24) is 15.2 Å². The van der Waals surface area contributed by atoms with E-state index in [2.05, 4.69) is 20.5 Å². The van der Waals surface area contributed by atoms with Gasteiger partial charge in [0, 0.05) is 11.3 Å². The fourth-order valence-corrected chi connectivity index (χ4v) is 3.11. The number of nitrogen functional groups attached to an aromatic ring is 1. The highest BCUT2D eigenvalue weighted by molar-refractivity contribution is 6.39. The van der Waals surface area contributed by atoms with Crippen molar-refractivity contribution < 1.29 is 14.9 Å². The molecule has 3 aromatic rings. The molecule has 0 spiro atoms. The molecule has 1 heterocycles. The summed E-state index contributed by atoms with van der Waals surface area (Å²) in [4.78, 5) is 3.95. The lowest BCUT2D eigenvalue weighted by molar-refractivity contribution is -0.0827. The number of H-pyrrole nitrogens is 1. The van der Waals surface area contributed by atoms with Crippen LogP contribution >= 0.6 is 23.2 Å². The molecule has 0 saturated carbocycles. The zero-order valence-electron chi connectivity index (χ0n) is 14.9. The second kappa shape index (κ2) is 8.41. The maximum Gasteiger partial charge on any atom is 0.248 e. The van der Waals surface area contributed by atoms with E-state index in [1.54, 1.807) is 36.4 Å². The molecule has 0 aliphatic carbocycles. The van der Waals surface area contributed by atoms with E-state index in [4.69, 9.17) is 45.1 Å². The summed E-state index contributed by atoms with van der Waals surface area (Å²) in [7, 11) is 0. The number of aliphatic hydroxyl groups excluding tert-OH is 1. The van der Waals surface area contributed by atoms with Gasteiger partial charge in [-0.1, -0.05) is 35.3 Å². The van der Waals surface area contributed by atoms with Crippen LogP contribution in [0.2, 0.25) is 10.0 Å². The molecule has 3 rings (SSSR count). The van der Waals surface area contributed by atoms with E-state index in [1.165, 1.54) is 0 Å². The Morgan fingerprint density at radius 3 is 2.31 bits per heavy atom. The molecule has 0 amide bonds. The topological polar surface area (TPSA) is 181 Å². The van der Waals surface area contributed by atoms with Crippen molar-refractivity contribution in [1.29, 1.82) is 0 Å². The third-order valence-electron chi connectivity index (χ3n) is 3.89. The minimum Gasteiger partial charge on any atom is -0.491 e. The van der Waals surface area contributed by atoms with Crippen LogP contribution in [0.3, 0.4) is 0 Å². The quantitative estimate of drug-likeness (QED) is 0.267. The van der Waals surface area contributed by atoms with Crippen LogP contribution in [0.1, 0.15) is 0 Å². The number of nitrogens with two attached hydrogens (primary N) is 3. The largest absolute Gasteiger partial charge is 0.491 e. The summed E-state index contributed by atoms with van der Waals surface area (Å²) in [5.74, 6) is -1.34. The first-order chi connectivity index (χ1) is 13.6. The Bertz CT molecular complexity index is 966. The fraction of sp³-hybridized carbons (Fsp3) is 0.176. The molecule has 29 heavy (non-hydrogen) atoms. The molecule has 0 aliphatic rings. The third-order valence-corrected chi connectivity index (χ3v) is 4.48. The Balaban J connectivity index is 1.74. The normalized spacial score (nSPS) is 12.6. The summed E-state index contributed by atoms with van der Waals surface area (Å²) < 4.78 is 5.36. The lowest BCUT2D eigenvalue weighted by Gasteiger charge is -2.23. The number of aromatic nitrogens is 3. The maximum atomic E-state index is 9.60. The van der Waals surface area contributed by atoms with E-state index in [-0.39, 0.29) is 18.5 Å². The molecule has 1 unspecified atom stereocenters. The smallest absolute Gasteiger partial charge is 0.248 e. The number of ether oxygens (including phenoxy) is 1. The Morgan fingerprint density at radius 2 is 1.79 bits per heavy atom. The first kappa shape index (κ1) is 21.1. The van der Waals surface area contributed by atoms with Gasteiger partial charge < -0.3 is 26.0 Å². The molecule has 0 bridgehead atoms. The van der Waals surface area contributed by atoms with Crippen molar-refractivity contribution in [3.05, 3.63) is 46.4 Å². The van der Waals surface area contributed by atoms with Crippen molar-refractivity contribution in [3.63, 3.8) is 0 Å². The molecule has 1 atom stereocenters. The van der Waals surface area contributed by atoms with Gasteiger partial charge in [-0.15, -0.1) is 5.10 Å². The molecule has 10 N–H and O–H groups in total. The lowest BCUT2D eigenvalue weighted by atomic mass is 10.0. The van der Waals surface area contributed by atoms with E-state index < -0.39 is 12.0 Å². The summed E-state index contributed by atoms with van der Waals surface area (Å²) in [6.07, 6.45) is -1.45. The number of rotatable bonds is 7. The molecular formula is C17H19Cl2N7O3. The van der Waals surface area contributed by atoms with Gasteiger partial charge in [-0.2, -0.15) is 4.98 Å². The maximum absolute atomic E-state index is 9.60. The van der Waals surface area contributed by atoms with Gasteiger partial charge in [0.15, 0.2) is 5.85 Å². The second-order valence-corrected chi connectivity index (χ2v) is 7.04. The standard InChI is InChI=1S/C17H19Cl2N7O3/c18-11-5-9(23-16-24-15(20)25-26-16)6-12(19)14(11)8-1-3-10(4-2-8)29-7-13(27)17(21,22)28/h1-6,13,27-28H,7,21-22H2,(H4,20,23,24,25,26). The summed E-state index contributed by atoms with van der Waals surface area (Å²) in [6, 6.07) is 10.2. The van der Waals surface area contributed by atoms with Gasteiger partial charge in [-0.25, -0.2) is 5.10 Å². The van der Waals surface area contributed by atoms with Gasteiger partial charge in [-0.05, 0) is 29.8 Å². The molecular weight excluding hydrogens is 421 g/mol. The van der Waals surface area contributed by atoms with Crippen molar-refractivity contribution in [2.24, 2.45) is 11.5 Å². The van der Waals surface area contributed by atoms with Gasteiger partial charge in [0.25, 0.3) is 0 Å². The average Bonchev–Trinajstić information content (AvgIpc) is 3.04. The lowest BCUT2D eigenvalue weighted by Crippen LogP contribution is -2.60. The van der Waals surface area contributed by atoms with Gasteiger partial charge in [0.1, 0.15) is 18.5 Å². The molecule has 0 saturated heterocycles. The highest BCUT2D eigenvalue weighted by Crippen LogP contribution is 2.38. The van der Waals surface area contributed by atoms with Crippen LogP contribution in [0.5, 0.6) is 5.75 Å². The molecule has 10 nitrogen and oxygen atoms in total. The Morgan fingerprint density at radius 1 is 1.17 bits per heavy atom. The minimum absolute atomic E-state index is 0.179. The number of hydrogen-bond donors (Lipinski definition) is 7. The molecule has 1 aromatic heterocycles. The molecule has 154 valence electrons. The second-order valence-electron chi connectivity index (χ2n) is 6.22. The fourth-order valence-electron chi connectivity index (χ4n) is 2.41. The Kier molecular flexibility index (Phi) is 6.13. The number of aromatic amines is 1. The van der Waals surface area contributed by atoms with Gasteiger partial charge >= 0.3 is 0 Å².